The molecule has 5 nitrogen and oxygen atoms in total. The summed E-state index contributed by atoms with van der Waals surface area (Å²) in [5.74, 6) is 1.07. The van der Waals surface area contributed by atoms with Crippen molar-refractivity contribution in [2.24, 2.45) is 5.73 Å². The van der Waals surface area contributed by atoms with Gasteiger partial charge in [0.25, 0.3) is 0 Å². The normalized spacial score (nSPS) is 21.8. The lowest BCUT2D eigenvalue weighted by atomic mass is 10.1. The van der Waals surface area contributed by atoms with E-state index in [1.165, 1.54) is 0 Å². The van der Waals surface area contributed by atoms with Gasteiger partial charge in [-0.15, -0.1) is 0 Å². The molecule has 1 aromatic rings. The Labute approximate surface area is 118 Å². The van der Waals surface area contributed by atoms with Crippen LogP contribution in [0.25, 0.3) is 0 Å². The Kier molecular flexibility index (Phi) is 4.05. The maximum atomic E-state index is 11.6. The van der Waals surface area contributed by atoms with E-state index in [1.54, 1.807) is 6.07 Å². The Morgan fingerprint density at radius 3 is 2.89 bits per heavy atom. The third kappa shape index (κ3) is 3.87. The van der Waals surface area contributed by atoms with Crippen molar-refractivity contribution in [3.05, 3.63) is 23.4 Å². The summed E-state index contributed by atoms with van der Waals surface area (Å²) in [5.41, 5.74) is 7.14. The van der Waals surface area contributed by atoms with Gasteiger partial charge in [-0.3, -0.25) is 0 Å². The van der Waals surface area contributed by atoms with Gasteiger partial charge in [-0.2, -0.15) is 0 Å². The summed E-state index contributed by atoms with van der Waals surface area (Å²) in [6.45, 7) is 1.85. The number of pyridine rings is 1. The number of rotatable bonds is 3. The quantitative estimate of drug-likeness (QED) is 0.810. The van der Waals surface area contributed by atoms with E-state index in [-0.39, 0.29) is 17.5 Å². The molecule has 0 aromatic carbocycles. The lowest BCUT2D eigenvalue weighted by molar-refractivity contribution is 0.561. The van der Waals surface area contributed by atoms with Crippen LogP contribution in [0.3, 0.4) is 0 Å². The Hall–Kier alpha value is -1.21. The molecule has 3 N–H and O–H groups in total. The van der Waals surface area contributed by atoms with Gasteiger partial charge in [0.1, 0.15) is 10.8 Å². The van der Waals surface area contributed by atoms with Crippen LogP contribution >= 0.6 is 12.2 Å². The van der Waals surface area contributed by atoms with E-state index < -0.39 is 9.84 Å². The second kappa shape index (κ2) is 5.42. The van der Waals surface area contributed by atoms with Gasteiger partial charge in [0.2, 0.25) is 0 Å². The molecule has 0 amide bonds. The van der Waals surface area contributed by atoms with Crippen molar-refractivity contribution in [3.8, 4) is 0 Å². The minimum atomic E-state index is -2.93. The zero-order valence-electron chi connectivity index (χ0n) is 10.7. The molecular formula is C12H17N3O2S2. The Balaban J connectivity index is 2.17. The van der Waals surface area contributed by atoms with Crippen LogP contribution in [0.5, 0.6) is 0 Å². The van der Waals surface area contributed by atoms with Crippen LogP contribution < -0.4 is 11.1 Å². The molecule has 1 aromatic heterocycles. The van der Waals surface area contributed by atoms with Gasteiger partial charge in [-0.05, 0) is 31.9 Å². The van der Waals surface area contributed by atoms with Crippen LogP contribution in [0, 0.1) is 6.92 Å². The number of nitrogens with zero attached hydrogens (tertiary/aromatic N) is 1. The number of hydrogen-bond acceptors (Lipinski definition) is 5. The van der Waals surface area contributed by atoms with Gasteiger partial charge in [-0.1, -0.05) is 12.2 Å². The van der Waals surface area contributed by atoms with Crippen LogP contribution in [0.15, 0.2) is 12.1 Å². The Morgan fingerprint density at radius 2 is 2.26 bits per heavy atom. The number of anilines is 1. The molecule has 1 fully saturated rings. The SMILES string of the molecule is Cc1cc(C(N)=S)cc(NC2CCCS(=O)(=O)C2)n1. The molecule has 104 valence electrons. The van der Waals surface area contributed by atoms with Crippen molar-refractivity contribution in [1.29, 1.82) is 0 Å². The Bertz CT molecular complexity index is 599. The monoisotopic (exact) mass is 299 g/mol. The molecule has 1 aliphatic heterocycles. The predicted octanol–water partition coefficient (Wildman–Crippen LogP) is 1.01. The van der Waals surface area contributed by atoms with Gasteiger partial charge >= 0.3 is 0 Å². The number of sulfone groups is 1. The summed E-state index contributed by atoms with van der Waals surface area (Å²) < 4.78 is 23.2. The second-order valence-electron chi connectivity index (χ2n) is 4.84. The first kappa shape index (κ1) is 14.2. The first-order valence-corrected chi connectivity index (χ1v) is 8.34. The highest BCUT2D eigenvalue weighted by atomic mass is 32.2. The second-order valence-corrected chi connectivity index (χ2v) is 7.51. The number of aryl methyl sites for hydroxylation is 1. The lowest BCUT2D eigenvalue weighted by Gasteiger charge is -2.23. The molecule has 1 aliphatic rings. The fraction of sp³-hybridized carbons (Fsp3) is 0.500. The van der Waals surface area contributed by atoms with Crippen LogP contribution in [-0.4, -0.2) is 35.9 Å². The van der Waals surface area contributed by atoms with Crippen LogP contribution in [0.4, 0.5) is 5.82 Å². The molecule has 1 atom stereocenters. The zero-order valence-corrected chi connectivity index (χ0v) is 12.4. The summed E-state index contributed by atoms with van der Waals surface area (Å²) in [7, 11) is -2.93. The van der Waals surface area contributed by atoms with Gasteiger partial charge in [0, 0.05) is 17.3 Å². The number of thiocarbonyl (C=S) groups is 1. The van der Waals surface area contributed by atoms with Crippen molar-refractivity contribution >= 4 is 32.9 Å². The molecule has 1 unspecified atom stereocenters. The molecule has 19 heavy (non-hydrogen) atoms. The molecule has 0 radical (unpaired) electrons. The highest BCUT2D eigenvalue weighted by Gasteiger charge is 2.24. The summed E-state index contributed by atoms with van der Waals surface area (Å²) in [6, 6.07) is 3.48. The number of nitrogens with two attached hydrogens (primary N) is 1. The average Bonchev–Trinajstić information content (AvgIpc) is 2.26. The summed E-state index contributed by atoms with van der Waals surface area (Å²) in [6.07, 6.45) is 1.52. The number of nitrogens with one attached hydrogen (secondary N) is 1. The van der Waals surface area contributed by atoms with E-state index in [0.29, 0.717) is 17.2 Å². The highest BCUT2D eigenvalue weighted by Crippen LogP contribution is 2.18. The topological polar surface area (TPSA) is 85.1 Å². The molecule has 7 heteroatoms. The Morgan fingerprint density at radius 1 is 1.53 bits per heavy atom. The fourth-order valence-electron chi connectivity index (χ4n) is 2.23. The van der Waals surface area contributed by atoms with Gasteiger partial charge < -0.3 is 11.1 Å². The molecule has 0 aliphatic carbocycles. The third-order valence-electron chi connectivity index (χ3n) is 3.05. The van der Waals surface area contributed by atoms with E-state index >= 15 is 0 Å². The molecule has 0 bridgehead atoms. The van der Waals surface area contributed by atoms with E-state index in [2.05, 4.69) is 10.3 Å². The highest BCUT2D eigenvalue weighted by molar-refractivity contribution is 7.91. The predicted molar refractivity (Wildman–Crippen MR) is 80.2 cm³/mol. The zero-order chi connectivity index (χ0) is 14.0. The lowest BCUT2D eigenvalue weighted by Crippen LogP contribution is -2.35. The van der Waals surface area contributed by atoms with Crippen molar-refractivity contribution in [2.45, 2.75) is 25.8 Å². The smallest absolute Gasteiger partial charge is 0.152 e. The first-order chi connectivity index (χ1) is 8.85. The maximum Gasteiger partial charge on any atom is 0.152 e. The molecule has 0 saturated carbocycles. The summed E-state index contributed by atoms with van der Waals surface area (Å²) >= 11 is 4.95. The number of hydrogen-bond donors (Lipinski definition) is 2. The molecular weight excluding hydrogens is 282 g/mol. The minimum Gasteiger partial charge on any atom is -0.389 e. The fourth-order valence-corrected chi connectivity index (χ4v) is 3.98. The van der Waals surface area contributed by atoms with Gasteiger partial charge in [0.05, 0.1) is 11.5 Å². The largest absolute Gasteiger partial charge is 0.389 e. The minimum absolute atomic E-state index is 0.0905. The maximum absolute atomic E-state index is 11.6. The van der Waals surface area contributed by atoms with Crippen LogP contribution in [0.1, 0.15) is 24.1 Å². The van der Waals surface area contributed by atoms with Crippen molar-refractivity contribution in [2.75, 3.05) is 16.8 Å². The van der Waals surface area contributed by atoms with E-state index in [1.807, 2.05) is 13.0 Å². The molecule has 1 saturated heterocycles. The van der Waals surface area contributed by atoms with Gasteiger partial charge in [-0.25, -0.2) is 13.4 Å². The number of aromatic nitrogens is 1. The summed E-state index contributed by atoms with van der Waals surface area (Å²) in [4.78, 5) is 4.65. The molecule has 2 rings (SSSR count). The standard InChI is InChI=1S/C12H17N3O2S2/c1-8-5-9(12(13)18)6-11(14-8)15-10-3-2-4-19(16,17)7-10/h5-6,10H,2-4,7H2,1H3,(H2,13,18)(H,14,15). The third-order valence-corrected chi connectivity index (χ3v) is 5.11. The van der Waals surface area contributed by atoms with E-state index in [4.69, 9.17) is 18.0 Å². The van der Waals surface area contributed by atoms with Crippen molar-refractivity contribution in [3.63, 3.8) is 0 Å². The van der Waals surface area contributed by atoms with E-state index in [9.17, 15) is 8.42 Å². The van der Waals surface area contributed by atoms with Crippen molar-refractivity contribution < 1.29 is 8.42 Å². The van der Waals surface area contributed by atoms with Crippen molar-refractivity contribution in [1.82, 2.24) is 4.98 Å². The molecule has 0 spiro atoms. The van der Waals surface area contributed by atoms with Crippen LogP contribution in [0.2, 0.25) is 0 Å². The summed E-state index contributed by atoms with van der Waals surface area (Å²) in [5, 5.41) is 3.17. The molecule has 2 heterocycles. The van der Waals surface area contributed by atoms with Crippen LogP contribution in [-0.2, 0) is 9.84 Å². The van der Waals surface area contributed by atoms with E-state index in [0.717, 1.165) is 17.7 Å². The first-order valence-electron chi connectivity index (χ1n) is 6.11. The van der Waals surface area contributed by atoms with Gasteiger partial charge in [0.15, 0.2) is 9.84 Å². The average molecular weight is 299 g/mol.